The SMILES string of the molecule is O=C(c1ccc(S(=O)(=O)Cl)s1)C(F)C(=O)C(F)F. The molecule has 1 aromatic heterocycles. The molecule has 18 heavy (non-hydrogen) atoms. The molecule has 0 aliphatic heterocycles. The molecule has 1 unspecified atom stereocenters. The number of halogens is 4. The maximum atomic E-state index is 13.1. The monoisotopic (exact) mass is 320 g/mol. The maximum absolute atomic E-state index is 13.1. The molecule has 0 spiro atoms. The zero-order valence-corrected chi connectivity index (χ0v) is 10.7. The van der Waals surface area contributed by atoms with Gasteiger partial charge in [0.15, 0.2) is 0 Å². The Hall–Kier alpha value is -0.930. The average Bonchev–Trinajstić information content (AvgIpc) is 2.74. The summed E-state index contributed by atoms with van der Waals surface area (Å²) in [7, 11) is 0.865. The molecule has 0 bridgehead atoms. The molecule has 1 heterocycles. The summed E-state index contributed by atoms with van der Waals surface area (Å²) >= 11 is 0.299. The van der Waals surface area contributed by atoms with E-state index in [0.29, 0.717) is 11.3 Å². The van der Waals surface area contributed by atoms with Crippen LogP contribution >= 0.6 is 22.0 Å². The molecule has 4 nitrogen and oxygen atoms in total. The first kappa shape index (κ1) is 15.1. The lowest BCUT2D eigenvalue weighted by molar-refractivity contribution is -0.132. The van der Waals surface area contributed by atoms with Crippen LogP contribution in [0.25, 0.3) is 0 Å². The smallest absolute Gasteiger partial charge is 0.289 e. The Morgan fingerprint density at radius 1 is 1.22 bits per heavy atom. The number of carbonyl (C=O) groups excluding carboxylic acids is 2. The molecule has 10 heteroatoms. The van der Waals surface area contributed by atoms with E-state index < -0.39 is 42.3 Å². The zero-order chi connectivity index (χ0) is 14.1. The van der Waals surface area contributed by atoms with Gasteiger partial charge in [-0.1, -0.05) is 0 Å². The Morgan fingerprint density at radius 2 is 1.78 bits per heavy atom. The Bertz CT molecular complexity index is 581. The first-order valence-electron chi connectivity index (χ1n) is 4.19. The molecular weight excluding hydrogens is 317 g/mol. The van der Waals surface area contributed by atoms with Crippen molar-refractivity contribution in [3.05, 3.63) is 17.0 Å². The van der Waals surface area contributed by atoms with E-state index in [2.05, 4.69) is 0 Å². The van der Waals surface area contributed by atoms with Crippen LogP contribution in [0, 0.1) is 0 Å². The second kappa shape index (κ2) is 5.37. The van der Waals surface area contributed by atoms with Crippen molar-refractivity contribution in [3.63, 3.8) is 0 Å². The first-order valence-corrected chi connectivity index (χ1v) is 7.32. The number of Topliss-reactive ketones (excluding diaryl/α,β-unsaturated/α-hetero) is 2. The van der Waals surface area contributed by atoms with Crippen LogP contribution in [0.3, 0.4) is 0 Å². The highest BCUT2D eigenvalue weighted by atomic mass is 35.7. The predicted octanol–water partition coefficient (Wildman–Crippen LogP) is 2.03. The molecule has 1 aromatic rings. The standard InChI is InChI=1S/C8H4ClF3O4S2/c9-18(15,16)4-2-1-3(17-4)6(13)5(10)7(14)8(11)12/h1-2,5,8H. The fraction of sp³-hybridized carbons (Fsp3) is 0.250. The highest BCUT2D eigenvalue weighted by Crippen LogP contribution is 2.26. The van der Waals surface area contributed by atoms with Crippen LogP contribution < -0.4 is 0 Å². The van der Waals surface area contributed by atoms with Gasteiger partial charge in [0, 0.05) is 10.7 Å². The molecule has 1 rings (SSSR count). The van der Waals surface area contributed by atoms with Crippen molar-refractivity contribution < 1.29 is 31.2 Å². The van der Waals surface area contributed by atoms with Gasteiger partial charge in [0.2, 0.25) is 17.7 Å². The summed E-state index contributed by atoms with van der Waals surface area (Å²) in [6.45, 7) is 0. The van der Waals surface area contributed by atoms with E-state index in [9.17, 15) is 31.2 Å². The number of thiophene rings is 1. The minimum absolute atomic E-state index is 0.299. The fourth-order valence-electron chi connectivity index (χ4n) is 0.948. The third-order valence-corrected chi connectivity index (χ3v) is 4.95. The van der Waals surface area contributed by atoms with Crippen molar-refractivity contribution in [1.82, 2.24) is 0 Å². The fourth-order valence-corrected chi connectivity index (χ4v) is 2.98. The van der Waals surface area contributed by atoms with Gasteiger partial charge in [0.25, 0.3) is 15.5 Å². The van der Waals surface area contributed by atoms with Crippen LogP contribution in [0.1, 0.15) is 9.67 Å². The van der Waals surface area contributed by atoms with Crippen molar-refractivity contribution in [3.8, 4) is 0 Å². The molecule has 0 fully saturated rings. The van der Waals surface area contributed by atoms with Gasteiger partial charge >= 0.3 is 0 Å². The predicted molar refractivity (Wildman–Crippen MR) is 57.6 cm³/mol. The number of hydrogen-bond acceptors (Lipinski definition) is 5. The number of hydrogen-bond donors (Lipinski definition) is 0. The highest BCUT2D eigenvalue weighted by molar-refractivity contribution is 8.15. The van der Waals surface area contributed by atoms with E-state index in [0.717, 1.165) is 12.1 Å². The Balaban J connectivity index is 2.99. The number of rotatable bonds is 5. The lowest BCUT2D eigenvalue weighted by Crippen LogP contribution is -2.30. The van der Waals surface area contributed by atoms with Crippen LogP contribution in [-0.2, 0) is 13.8 Å². The van der Waals surface area contributed by atoms with Crippen LogP contribution in [-0.4, -0.2) is 32.6 Å². The number of alkyl halides is 3. The van der Waals surface area contributed by atoms with Crippen LogP contribution in [0.5, 0.6) is 0 Å². The van der Waals surface area contributed by atoms with Gasteiger partial charge in [0.05, 0.1) is 4.88 Å². The van der Waals surface area contributed by atoms with Crippen molar-refractivity contribution in [1.29, 1.82) is 0 Å². The summed E-state index contributed by atoms with van der Waals surface area (Å²) in [4.78, 5) is 21.4. The molecule has 0 saturated heterocycles. The second-order valence-corrected chi connectivity index (χ2v) is 6.86. The van der Waals surface area contributed by atoms with Crippen molar-refractivity contribution in [2.45, 2.75) is 16.8 Å². The van der Waals surface area contributed by atoms with Gasteiger partial charge < -0.3 is 0 Å². The van der Waals surface area contributed by atoms with E-state index in [1.165, 1.54) is 0 Å². The van der Waals surface area contributed by atoms with E-state index in [1.54, 1.807) is 0 Å². The molecular formula is C8H4ClF3O4S2. The molecule has 0 aliphatic carbocycles. The van der Waals surface area contributed by atoms with Gasteiger partial charge in [-0.05, 0) is 12.1 Å². The summed E-state index contributed by atoms with van der Waals surface area (Å²) in [5.41, 5.74) is 0. The van der Waals surface area contributed by atoms with E-state index >= 15 is 0 Å². The minimum Gasteiger partial charge on any atom is -0.289 e. The molecule has 0 amide bonds. The summed E-state index contributed by atoms with van der Waals surface area (Å²) in [5.74, 6) is -3.68. The zero-order valence-electron chi connectivity index (χ0n) is 8.27. The summed E-state index contributed by atoms with van der Waals surface area (Å²) in [5, 5.41) is 0. The quantitative estimate of drug-likeness (QED) is 0.473. The van der Waals surface area contributed by atoms with E-state index in [1.807, 2.05) is 0 Å². The normalized spacial score (nSPS) is 13.6. The molecule has 1 atom stereocenters. The number of ketones is 2. The Morgan fingerprint density at radius 3 is 2.17 bits per heavy atom. The Labute approximate surface area is 108 Å². The second-order valence-electron chi connectivity index (χ2n) is 2.99. The van der Waals surface area contributed by atoms with Gasteiger partial charge in [-0.15, -0.1) is 11.3 Å². The van der Waals surface area contributed by atoms with Gasteiger partial charge in [-0.2, -0.15) is 0 Å². The van der Waals surface area contributed by atoms with E-state index in [4.69, 9.17) is 10.7 Å². The summed E-state index contributed by atoms with van der Waals surface area (Å²) in [6.07, 6.45) is -6.63. The largest absolute Gasteiger partial charge is 0.299 e. The van der Waals surface area contributed by atoms with Crippen molar-refractivity contribution in [2.24, 2.45) is 0 Å². The number of carbonyl (C=O) groups is 2. The maximum Gasteiger partial charge on any atom is 0.299 e. The average molecular weight is 321 g/mol. The van der Waals surface area contributed by atoms with Crippen LogP contribution in [0.2, 0.25) is 0 Å². The van der Waals surface area contributed by atoms with Crippen LogP contribution in [0.15, 0.2) is 16.3 Å². The van der Waals surface area contributed by atoms with Gasteiger partial charge in [-0.3, -0.25) is 9.59 Å². The lowest BCUT2D eigenvalue weighted by Gasteiger charge is -2.03. The molecule has 0 radical (unpaired) electrons. The molecule has 0 aliphatic rings. The van der Waals surface area contributed by atoms with Crippen molar-refractivity contribution in [2.75, 3.05) is 0 Å². The van der Waals surface area contributed by atoms with Gasteiger partial charge in [0.1, 0.15) is 4.21 Å². The summed E-state index contributed by atoms with van der Waals surface area (Å²) < 4.78 is 58.2. The van der Waals surface area contributed by atoms with Crippen LogP contribution in [0.4, 0.5) is 13.2 Å². The van der Waals surface area contributed by atoms with Crippen molar-refractivity contribution >= 4 is 42.6 Å². The topological polar surface area (TPSA) is 68.3 Å². The third kappa shape index (κ3) is 3.30. The Kier molecular flexibility index (Phi) is 4.51. The molecule has 100 valence electrons. The molecule has 0 saturated carbocycles. The van der Waals surface area contributed by atoms with Gasteiger partial charge in [-0.25, -0.2) is 21.6 Å². The van der Waals surface area contributed by atoms with E-state index in [-0.39, 0.29) is 0 Å². The lowest BCUT2D eigenvalue weighted by atomic mass is 10.1. The molecule has 0 N–H and O–H groups in total. The molecule has 0 aromatic carbocycles. The highest BCUT2D eigenvalue weighted by Gasteiger charge is 2.34. The summed E-state index contributed by atoms with van der Waals surface area (Å²) in [6, 6.07) is 1.81. The third-order valence-electron chi connectivity index (χ3n) is 1.76. The minimum atomic E-state index is -4.09. The first-order chi connectivity index (χ1) is 8.14.